The Bertz CT molecular complexity index is 747. The normalized spacial score (nSPS) is 17.0. The van der Waals surface area contributed by atoms with Crippen LogP contribution < -0.4 is 10.2 Å². The first-order chi connectivity index (χ1) is 12.1. The molecule has 2 aromatic carbocycles. The van der Waals surface area contributed by atoms with Crippen LogP contribution in [0.5, 0.6) is 0 Å². The van der Waals surface area contributed by atoms with E-state index in [0.29, 0.717) is 13.2 Å². The summed E-state index contributed by atoms with van der Waals surface area (Å²) in [5.74, 6) is 0. The molecule has 0 fully saturated rings. The highest BCUT2D eigenvalue weighted by Crippen LogP contribution is 2.27. The van der Waals surface area contributed by atoms with Crippen molar-refractivity contribution in [2.24, 2.45) is 0 Å². The lowest BCUT2D eigenvalue weighted by atomic mass is 10.1. The quantitative estimate of drug-likeness (QED) is 0.927. The fourth-order valence-corrected chi connectivity index (χ4v) is 3.33. The number of fused-ring (bicyclic) bond motifs is 1. The zero-order valence-electron chi connectivity index (χ0n) is 15.0. The van der Waals surface area contributed by atoms with Crippen LogP contribution in [0.1, 0.15) is 18.1 Å². The van der Waals surface area contributed by atoms with Crippen molar-refractivity contribution in [3.05, 3.63) is 59.7 Å². The van der Waals surface area contributed by atoms with Crippen LogP contribution in [0, 0.1) is 0 Å². The van der Waals surface area contributed by atoms with Crippen LogP contribution in [0.3, 0.4) is 0 Å². The molecule has 1 aliphatic rings. The van der Waals surface area contributed by atoms with E-state index in [0.717, 1.165) is 23.4 Å². The molecule has 0 spiro atoms. The third kappa shape index (κ3) is 3.77. The Morgan fingerprint density at radius 1 is 1.20 bits per heavy atom. The van der Waals surface area contributed by atoms with Crippen LogP contribution in [0.2, 0.25) is 0 Å². The molecule has 0 aliphatic carbocycles. The third-order valence-corrected chi connectivity index (χ3v) is 4.63. The van der Waals surface area contributed by atoms with E-state index in [2.05, 4.69) is 36.3 Å². The molecule has 2 aromatic rings. The Morgan fingerprint density at radius 2 is 1.92 bits per heavy atom. The predicted molar refractivity (Wildman–Crippen MR) is 101 cm³/mol. The van der Waals surface area contributed by atoms with Crippen molar-refractivity contribution in [1.82, 2.24) is 4.90 Å². The summed E-state index contributed by atoms with van der Waals surface area (Å²) < 4.78 is 5.23. The van der Waals surface area contributed by atoms with Gasteiger partial charge in [-0.25, -0.2) is 4.79 Å². The van der Waals surface area contributed by atoms with Gasteiger partial charge in [-0.15, -0.1) is 0 Å². The molecule has 25 heavy (non-hydrogen) atoms. The SMILES string of the molecule is COCc1ccccc1NC(=O)N1Cc2ccccc2N(C)CC1C. The van der Waals surface area contributed by atoms with Crippen molar-refractivity contribution in [1.29, 1.82) is 0 Å². The Morgan fingerprint density at radius 3 is 2.72 bits per heavy atom. The van der Waals surface area contributed by atoms with Gasteiger partial charge in [0.1, 0.15) is 0 Å². The maximum absolute atomic E-state index is 13.0. The monoisotopic (exact) mass is 339 g/mol. The van der Waals surface area contributed by atoms with E-state index in [4.69, 9.17) is 4.74 Å². The molecule has 1 heterocycles. The number of carbonyl (C=O) groups is 1. The van der Waals surface area contributed by atoms with Crippen molar-refractivity contribution in [2.45, 2.75) is 26.1 Å². The fraction of sp³-hybridized carbons (Fsp3) is 0.350. The highest BCUT2D eigenvalue weighted by atomic mass is 16.5. The second-order valence-corrected chi connectivity index (χ2v) is 6.51. The van der Waals surface area contributed by atoms with Crippen molar-refractivity contribution < 1.29 is 9.53 Å². The Kier molecular flexibility index (Phi) is 5.24. The number of benzene rings is 2. The van der Waals surface area contributed by atoms with E-state index >= 15 is 0 Å². The van der Waals surface area contributed by atoms with Gasteiger partial charge < -0.3 is 19.9 Å². The smallest absolute Gasteiger partial charge is 0.322 e. The number of nitrogens with zero attached hydrogens (tertiary/aromatic N) is 2. The first-order valence-corrected chi connectivity index (χ1v) is 8.53. The molecule has 132 valence electrons. The van der Waals surface area contributed by atoms with E-state index < -0.39 is 0 Å². The maximum Gasteiger partial charge on any atom is 0.322 e. The van der Waals surface area contributed by atoms with Crippen molar-refractivity contribution >= 4 is 17.4 Å². The van der Waals surface area contributed by atoms with Crippen LogP contribution in [-0.2, 0) is 17.9 Å². The average molecular weight is 339 g/mol. The predicted octanol–water partition coefficient (Wildman–Crippen LogP) is 3.71. The molecule has 3 rings (SSSR count). The largest absolute Gasteiger partial charge is 0.380 e. The Hall–Kier alpha value is -2.53. The molecule has 0 bridgehead atoms. The summed E-state index contributed by atoms with van der Waals surface area (Å²) in [7, 11) is 3.73. The van der Waals surface area contributed by atoms with Crippen molar-refractivity contribution in [3.63, 3.8) is 0 Å². The fourth-order valence-electron chi connectivity index (χ4n) is 3.33. The number of hydrogen-bond acceptors (Lipinski definition) is 3. The van der Waals surface area contributed by atoms with Crippen LogP contribution in [-0.4, -0.2) is 37.7 Å². The van der Waals surface area contributed by atoms with Crippen LogP contribution >= 0.6 is 0 Å². The molecule has 1 N–H and O–H groups in total. The topological polar surface area (TPSA) is 44.8 Å². The summed E-state index contributed by atoms with van der Waals surface area (Å²) in [5.41, 5.74) is 4.12. The number of carbonyl (C=O) groups excluding carboxylic acids is 1. The molecule has 0 saturated carbocycles. The van der Waals surface area contributed by atoms with E-state index in [9.17, 15) is 4.79 Å². The first-order valence-electron chi connectivity index (χ1n) is 8.53. The van der Waals surface area contributed by atoms with Crippen molar-refractivity contribution in [3.8, 4) is 0 Å². The third-order valence-electron chi connectivity index (χ3n) is 4.63. The van der Waals surface area contributed by atoms with E-state index in [1.54, 1.807) is 7.11 Å². The maximum atomic E-state index is 13.0. The Labute approximate surface area is 149 Å². The Balaban J connectivity index is 1.82. The summed E-state index contributed by atoms with van der Waals surface area (Å²) >= 11 is 0. The van der Waals surface area contributed by atoms with Gasteiger partial charge in [-0.05, 0) is 24.6 Å². The minimum Gasteiger partial charge on any atom is -0.380 e. The van der Waals surface area contributed by atoms with Gasteiger partial charge in [0.15, 0.2) is 0 Å². The number of hydrogen-bond donors (Lipinski definition) is 1. The molecule has 5 heteroatoms. The second-order valence-electron chi connectivity index (χ2n) is 6.51. The lowest BCUT2D eigenvalue weighted by Gasteiger charge is -2.29. The minimum absolute atomic E-state index is 0.0823. The van der Waals surface area contributed by atoms with Gasteiger partial charge in [0, 0.05) is 50.2 Å². The van der Waals surface area contributed by atoms with Gasteiger partial charge in [-0.2, -0.15) is 0 Å². The lowest BCUT2D eigenvalue weighted by molar-refractivity contribution is 0.184. The van der Waals surface area contributed by atoms with E-state index in [1.807, 2.05) is 41.3 Å². The van der Waals surface area contributed by atoms with Crippen molar-refractivity contribution in [2.75, 3.05) is 30.9 Å². The van der Waals surface area contributed by atoms with E-state index in [1.165, 1.54) is 5.69 Å². The second kappa shape index (κ2) is 7.57. The number of para-hydroxylation sites is 2. The summed E-state index contributed by atoms with van der Waals surface area (Å²) in [4.78, 5) is 17.1. The van der Waals surface area contributed by atoms with Gasteiger partial charge in [0.2, 0.25) is 0 Å². The number of methoxy groups -OCH3 is 1. The van der Waals surface area contributed by atoms with Gasteiger partial charge in [-0.3, -0.25) is 0 Å². The highest BCUT2D eigenvalue weighted by molar-refractivity contribution is 5.90. The molecule has 0 saturated heterocycles. The molecule has 1 unspecified atom stereocenters. The molecule has 0 aromatic heterocycles. The number of amides is 2. The minimum atomic E-state index is -0.0823. The van der Waals surface area contributed by atoms with E-state index in [-0.39, 0.29) is 12.1 Å². The molecular formula is C20H25N3O2. The molecule has 2 amide bonds. The summed E-state index contributed by atoms with van der Waals surface area (Å²) in [5, 5.41) is 3.06. The van der Waals surface area contributed by atoms with Gasteiger partial charge in [-0.1, -0.05) is 36.4 Å². The lowest BCUT2D eigenvalue weighted by Crippen LogP contribution is -2.44. The number of nitrogens with one attached hydrogen (secondary N) is 1. The highest BCUT2D eigenvalue weighted by Gasteiger charge is 2.27. The molecular weight excluding hydrogens is 314 g/mol. The standard InChI is InChI=1S/C20H25N3O2/c1-15-12-22(2)19-11-7-5-8-16(19)13-23(15)20(24)21-18-10-6-4-9-17(18)14-25-3/h4-11,15H,12-14H2,1-3H3,(H,21,24). The average Bonchev–Trinajstić information content (AvgIpc) is 2.73. The summed E-state index contributed by atoms with van der Waals surface area (Å²) in [6.07, 6.45) is 0. The van der Waals surface area contributed by atoms with Gasteiger partial charge >= 0.3 is 6.03 Å². The number of likely N-dealkylation sites (N-methyl/N-ethyl adjacent to an activating group) is 1. The van der Waals surface area contributed by atoms with Gasteiger partial charge in [0.05, 0.1) is 6.61 Å². The zero-order valence-corrected chi connectivity index (χ0v) is 15.0. The number of urea groups is 1. The first kappa shape index (κ1) is 17.3. The zero-order chi connectivity index (χ0) is 17.8. The summed E-state index contributed by atoms with van der Waals surface area (Å²) in [6.45, 7) is 3.95. The molecule has 0 radical (unpaired) electrons. The van der Waals surface area contributed by atoms with Crippen LogP contribution in [0.4, 0.5) is 16.2 Å². The number of rotatable bonds is 3. The molecule has 5 nitrogen and oxygen atoms in total. The van der Waals surface area contributed by atoms with Crippen LogP contribution in [0.25, 0.3) is 0 Å². The van der Waals surface area contributed by atoms with Gasteiger partial charge in [0.25, 0.3) is 0 Å². The molecule has 1 atom stereocenters. The molecule has 1 aliphatic heterocycles. The summed E-state index contributed by atoms with van der Waals surface area (Å²) in [6, 6.07) is 16.0. The number of ether oxygens (including phenoxy) is 1. The number of anilines is 2. The van der Waals surface area contributed by atoms with Crippen LogP contribution in [0.15, 0.2) is 48.5 Å².